The highest BCUT2D eigenvalue weighted by Crippen LogP contribution is 2.28. The van der Waals surface area contributed by atoms with Crippen LogP contribution in [0.1, 0.15) is 19.4 Å². The Bertz CT molecular complexity index is 560. The fraction of sp³-hybridized carbons (Fsp3) is 0.267. The second kappa shape index (κ2) is 4.30. The first kappa shape index (κ1) is 11.8. The largest absolute Gasteiger partial charge is 0.366 e. The van der Waals surface area contributed by atoms with Gasteiger partial charge in [0.15, 0.2) is 5.78 Å². The summed E-state index contributed by atoms with van der Waals surface area (Å²) in [5.41, 5.74) is 0.0375. The molecule has 2 nitrogen and oxygen atoms in total. The average molecular weight is 228 g/mol. The summed E-state index contributed by atoms with van der Waals surface area (Å²) in [5, 5.41) is 2.28. The highest BCUT2D eigenvalue weighted by molar-refractivity contribution is 5.89. The van der Waals surface area contributed by atoms with E-state index in [1.807, 2.05) is 36.4 Å². The van der Waals surface area contributed by atoms with E-state index in [0.29, 0.717) is 0 Å². The molecule has 0 saturated carbocycles. The van der Waals surface area contributed by atoms with Gasteiger partial charge in [0.05, 0.1) is 0 Å². The van der Waals surface area contributed by atoms with Crippen molar-refractivity contribution in [1.29, 1.82) is 0 Å². The minimum Gasteiger partial charge on any atom is -0.366 e. The number of hydrogen-bond acceptors (Lipinski definition) is 2. The topological polar surface area (TPSA) is 26.3 Å². The van der Waals surface area contributed by atoms with Gasteiger partial charge in [0.2, 0.25) is 0 Å². The third kappa shape index (κ3) is 1.96. The molecule has 0 fully saturated rings. The summed E-state index contributed by atoms with van der Waals surface area (Å²) in [6, 6.07) is 14.1. The minimum absolute atomic E-state index is 0.00952. The Labute approximate surface area is 101 Å². The molecule has 2 aromatic rings. The molecule has 0 aromatic heterocycles. The lowest BCUT2D eigenvalue weighted by atomic mass is 9.90. The number of ether oxygens (including phenoxy) is 1. The van der Waals surface area contributed by atoms with E-state index < -0.39 is 5.60 Å². The number of hydrogen-bond donors (Lipinski definition) is 0. The molecule has 0 aliphatic carbocycles. The normalized spacial score (nSPS) is 14.5. The second-order valence-electron chi connectivity index (χ2n) is 4.36. The van der Waals surface area contributed by atoms with Crippen LogP contribution in [0.2, 0.25) is 0 Å². The van der Waals surface area contributed by atoms with Crippen molar-refractivity contribution in [2.45, 2.75) is 19.4 Å². The van der Waals surface area contributed by atoms with Crippen LogP contribution in [0.5, 0.6) is 0 Å². The van der Waals surface area contributed by atoms with Gasteiger partial charge in [-0.2, -0.15) is 0 Å². The molecule has 0 bridgehead atoms. The predicted molar refractivity (Wildman–Crippen MR) is 69.0 cm³/mol. The first-order valence-electron chi connectivity index (χ1n) is 5.63. The standard InChI is InChI=1S/C15H16O2/c1-11(16)15(2,17-3)14-9-8-12-6-4-5-7-13(12)10-14/h4-10H,1-3H3. The maximum atomic E-state index is 11.7. The van der Waals surface area contributed by atoms with Crippen molar-refractivity contribution < 1.29 is 9.53 Å². The quantitative estimate of drug-likeness (QED) is 0.805. The van der Waals surface area contributed by atoms with E-state index in [9.17, 15) is 4.79 Å². The van der Waals surface area contributed by atoms with Crippen LogP contribution in [0, 0.1) is 0 Å². The van der Waals surface area contributed by atoms with E-state index in [1.165, 1.54) is 5.39 Å². The molecule has 2 rings (SSSR count). The van der Waals surface area contributed by atoms with Gasteiger partial charge in [-0.25, -0.2) is 0 Å². The zero-order chi connectivity index (χ0) is 12.5. The van der Waals surface area contributed by atoms with Gasteiger partial charge in [-0.3, -0.25) is 4.79 Å². The summed E-state index contributed by atoms with van der Waals surface area (Å²) < 4.78 is 5.38. The molecule has 0 radical (unpaired) electrons. The molecule has 88 valence electrons. The van der Waals surface area contributed by atoms with Crippen LogP contribution in [-0.2, 0) is 15.1 Å². The molecule has 0 N–H and O–H groups in total. The molecule has 1 unspecified atom stereocenters. The monoisotopic (exact) mass is 228 g/mol. The Morgan fingerprint density at radius 3 is 2.35 bits per heavy atom. The van der Waals surface area contributed by atoms with Crippen LogP contribution in [0.4, 0.5) is 0 Å². The number of fused-ring (bicyclic) bond motifs is 1. The third-order valence-corrected chi connectivity index (χ3v) is 3.38. The highest BCUT2D eigenvalue weighted by atomic mass is 16.5. The molecule has 0 heterocycles. The number of carbonyl (C=O) groups is 1. The molecule has 0 aliphatic heterocycles. The number of rotatable bonds is 3. The van der Waals surface area contributed by atoms with Gasteiger partial charge in [-0.05, 0) is 36.2 Å². The molecule has 17 heavy (non-hydrogen) atoms. The predicted octanol–water partition coefficient (Wildman–Crippen LogP) is 3.29. The summed E-state index contributed by atoms with van der Waals surface area (Å²) in [6.45, 7) is 3.36. The molecule has 0 aliphatic rings. The lowest BCUT2D eigenvalue weighted by Gasteiger charge is -2.25. The Morgan fingerprint density at radius 1 is 1.12 bits per heavy atom. The summed E-state index contributed by atoms with van der Waals surface area (Å²) in [4.78, 5) is 11.7. The second-order valence-corrected chi connectivity index (χ2v) is 4.36. The molecule has 2 heteroatoms. The van der Waals surface area contributed by atoms with E-state index >= 15 is 0 Å². The highest BCUT2D eigenvalue weighted by Gasteiger charge is 2.31. The smallest absolute Gasteiger partial charge is 0.165 e. The lowest BCUT2D eigenvalue weighted by molar-refractivity contribution is -0.137. The molecule has 2 aromatic carbocycles. The van der Waals surface area contributed by atoms with Gasteiger partial charge in [0.25, 0.3) is 0 Å². The number of methoxy groups -OCH3 is 1. The van der Waals surface area contributed by atoms with Crippen LogP contribution in [0.15, 0.2) is 42.5 Å². The fourth-order valence-electron chi connectivity index (χ4n) is 1.95. The van der Waals surface area contributed by atoms with Gasteiger partial charge in [0, 0.05) is 7.11 Å². The van der Waals surface area contributed by atoms with Crippen LogP contribution < -0.4 is 0 Å². The first-order valence-corrected chi connectivity index (χ1v) is 5.63. The number of benzene rings is 2. The zero-order valence-electron chi connectivity index (χ0n) is 10.4. The van der Waals surface area contributed by atoms with Crippen LogP contribution in [-0.4, -0.2) is 12.9 Å². The van der Waals surface area contributed by atoms with Gasteiger partial charge in [0.1, 0.15) is 5.60 Å². The average Bonchev–Trinajstić information content (AvgIpc) is 2.37. The number of Topliss-reactive ketones (excluding diaryl/α,β-unsaturated/α-hetero) is 1. The molecule has 0 spiro atoms. The maximum absolute atomic E-state index is 11.7. The van der Waals surface area contributed by atoms with Gasteiger partial charge in [-0.15, -0.1) is 0 Å². The van der Waals surface area contributed by atoms with Gasteiger partial charge >= 0.3 is 0 Å². The molecule has 1 atom stereocenters. The van der Waals surface area contributed by atoms with Crippen molar-refractivity contribution in [2.24, 2.45) is 0 Å². The van der Waals surface area contributed by atoms with Crippen LogP contribution in [0.3, 0.4) is 0 Å². The van der Waals surface area contributed by atoms with Gasteiger partial charge in [-0.1, -0.05) is 36.4 Å². The fourth-order valence-corrected chi connectivity index (χ4v) is 1.95. The Kier molecular flexibility index (Phi) is 2.99. The lowest BCUT2D eigenvalue weighted by Crippen LogP contribution is -2.32. The molecular weight excluding hydrogens is 212 g/mol. The van der Waals surface area contributed by atoms with E-state index in [4.69, 9.17) is 4.74 Å². The van der Waals surface area contributed by atoms with E-state index in [-0.39, 0.29) is 5.78 Å². The van der Waals surface area contributed by atoms with Crippen molar-refractivity contribution in [3.8, 4) is 0 Å². The number of carbonyl (C=O) groups excluding carboxylic acids is 1. The SMILES string of the molecule is COC(C)(C(C)=O)c1ccc2ccccc2c1. The van der Waals surface area contributed by atoms with Crippen molar-refractivity contribution in [3.63, 3.8) is 0 Å². The van der Waals surface area contributed by atoms with E-state index in [0.717, 1.165) is 10.9 Å². The summed E-state index contributed by atoms with van der Waals surface area (Å²) >= 11 is 0. The van der Waals surface area contributed by atoms with Crippen molar-refractivity contribution in [2.75, 3.05) is 7.11 Å². The molecular formula is C15H16O2. The maximum Gasteiger partial charge on any atom is 0.165 e. The Morgan fingerprint density at radius 2 is 1.76 bits per heavy atom. The molecule has 0 saturated heterocycles. The summed E-state index contributed by atoms with van der Waals surface area (Å²) in [6.07, 6.45) is 0. The number of ketones is 1. The third-order valence-electron chi connectivity index (χ3n) is 3.38. The Hall–Kier alpha value is -1.67. The first-order chi connectivity index (χ1) is 8.08. The van der Waals surface area contributed by atoms with Crippen LogP contribution >= 0.6 is 0 Å². The van der Waals surface area contributed by atoms with Crippen molar-refractivity contribution in [1.82, 2.24) is 0 Å². The van der Waals surface area contributed by atoms with Crippen molar-refractivity contribution in [3.05, 3.63) is 48.0 Å². The van der Waals surface area contributed by atoms with Gasteiger partial charge < -0.3 is 4.74 Å². The zero-order valence-corrected chi connectivity index (χ0v) is 10.4. The summed E-state index contributed by atoms with van der Waals surface area (Å²) in [5.74, 6) is 0.00952. The van der Waals surface area contributed by atoms with E-state index in [2.05, 4.69) is 6.07 Å². The Balaban J connectivity index is 2.59. The molecule has 0 amide bonds. The van der Waals surface area contributed by atoms with Crippen LogP contribution in [0.25, 0.3) is 10.8 Å². The summed E-state index contributed by atoms with van der Waals surface area (Å²) in [7, 11) is 1.57. The van der Waals surface area contributed by atoms with E-state index in [1.54, 1.807) is 21.0 Å². The van der Waals surface area contributed by atoms with Crippen molar-refractivity contribution >= 4 is 16.6 Å². The minimum atomic E-state index is -0.857.